The summed E-state index contributed by atoms with van der Waals surface area (Å²) in [6, 6.07) is 10.2. The van der Waals surface area contributed by atoms with E-state index in [2.05, 4.69) is 16.0 Å². The smallest absolute Gasteiger partial charge is 0.319 e. The van der Waals surface area contributed by atoms with Gasteiger partial charge in [-0.25, -0.2) is 4.79 Å². The van der Waals surface area contributed by atoms with Crippen molar-refractivity contribution in [3.63, 3.8) is 0 Å². The van der Waals surface area contributed by atoms with Crippen molar-refractivity contribution in [1.82, 2.24) is 5.32 Å². The summed E-state index contributed by atoms with van der Waals surface area (Å²) in [6.07, 6.45) is 3.54. The normalized spacial score (nSPS) is 13.5. The lowest BCUT2D eigenvalue weighted by molar-refractivity contribution is 0.0996. The Balaban J connectivity index is 1.56. The third-order valence-electron chi connectivity index (χ3n) is 3.06. The predicted molar refractivity (Wildman–Crippen MR) is 78.3 cm³/mol. The van der Waals surface area contributed by atoms with E-state index >= 15 is 0 Å². The van der Waals surface area contributed by atoms with Gasteiger partial charge in [0.1, 0.15) is 0 Å². The van der Waals surface area contributed by atoms with Crippen LogP contribution in [-0.4, -0.2) is 18.0 Å². The molecule has 6 nitrogen and oxygen atoms in total. The lowest BCUT2D eigenvalue weighted by Gasteiger charge is -2.08. The monoisotopic (exact) mass is 285 g/mol. The minimum Gasteiger partial charge on any atom is -0.459 e. The number of amides is 3. The number of nitrogens with one attached hydrogen (secondary N) is 3. The van der Waals surface area contributed by atoms with Gasteiger partial charge in [0.25, 0.3) is 5.91 Å². The van der Waals surface area contributed by atoms with Gasteiger partial charge in [-0.3, -0.25) is 4.79 Å². The van der Waals surface area contributed by atoms with E-state index in [-0.39, 0.29) is 17.7 Å². The molecule has 6 heteroatoms. The van der Waals surface area contributed by atoms with Crippen molar-refractivity contribution in [2.75, 3.05) is 10.6 Å². The van der Waals surface area contributed by atoms with Gasteiger partial charge in [0, 0.05) is 17.4 Å². The van der Waals surface area contributed by atoms with Crippen LogP contribution < -0.4 is 16.0 Å². The Kier molecular flexibility index (Phi) is 3.59. The van der Waals surface area contributed by atoms with E-state index in [1.54, 1.807) is 36.4 Å². The zero-order valence-electron chi connectivity index (χ0n) is 11.3. The van der Waals surface area contributed by atoms with Gasteiger partial charge >= 0.3 is 6.03 Å². The Morgan fingerprint density at radius 2 is 1.67 bits per heavy atom. The highest BCUT2D eigenvalue weighted by molar-refractivity contribution is 6.02. The lowest BCUT2D eigenvalue weighted by atomic mass is 10.2. The van der Waals surface area contributed by atoms with E-state index in [4.69, 9.17) is 4.42 Å². The van der Waals surface area contributed by atoms with Crippen molar-refractivity contribution in [3.05, 3.63) is 48.4 Å². The summed E-state index contributed by atoms with van der Waals surface area (Å²) >= 11 is 0. The molecule has 1 aromatic heterocycles. The Bertz CT molecular complexity index is 631. The van der Waals surface area contributed by atoms with Gasteiger partial charge in [0.2, 0.25) is 0 Å². The van der Waals surface area contributed by atoms with E-state index in [0.29, 0.717) is 17.4 Å². The largest absolute Gasteiger partial charge is 0.459 e. The number of hydrogen-bond acceptors (Lipinski definition) is 3. The molecule has 0 unspecified atom stereocenters. The van der Waals surface area contributed by atoms with Gasteiger partial charge in [0.15, 0.2) is 5.76 Å². The second kappa shape index (κ2) is 5.70. The molecule has 1 aliphatic carbocycles. The van der Waals surface area contributed by atoms with Crippen molar-refractivity contribution >= 4 is 23.3 Å². The first-order valence-electron chi connectivity index (χ1n) is 6.73. The van der Waals surface area contributed by atoms with Crippen LogP contribution in [-0.2, 0) is 0 Å². The zero-order chi connectivity index (χ0) is 14.7. The minimum atomic E-state index is -0.313. The molecule has 3 N–H and O–H groups in total. The van der Waals surface area contributed by atoms with Crippen LogP contribution >= 0.6 is 0 Å². The summed E-state index contributed by atoms with van der Waals surface area (Å²) < 4.78 is 5.01. The topological polar surface area (TPSA) is 83.4 Å². The first kappa shape index (κ1) is 13.2. The third kappa shape index (κ3) is 3.62. The third-order valence-corrected chi connectivity index (χ3v) is 3.06. The summed E-state index contributed by atoms with van der Waals surface area (Å²) in [7, 11) is 0. The van der Waals surface area contributed by atoms with E-state index in [0.717, 1.165) is 12.8 Å². The molecule has 0 atom stereocenters. The van der Waals surface area contributed by atoms with E-state index in [1.165, 1.54) is 6.26 Å². The molecule has 0 bridgehead atoms. The molecule has 3 amide bonds. The highest BCUT2D eigenvalue weighted by Gasteiger charge is 2.23. The fourth-order valence-electron chi connectivity index (χ4n) is 1.82. The van der Waals surface area contributed by atoms with Crippen LogP contribution in [0.15, 0.2) is 47.1 Å². The van der Waals surface area contributed by atoms with Gasteiger partial charge < -0.3 is 20.4 Å². The average Bonchev–Trinajstić information content (AvgIpc) is 3.10. The second-order valence-electron chi connectivity index (χ2n) is 4.88. The van der Waals surface area contributed by atoms with Crippen molar-refractivity contribution in [1.29, 1.82) is 0 Å². The molecule has 1 aromatic carbocycles. The summed E-state index contributed by atoms with van der Waals surface area (Å²) in [5, 5.41) is 8.28. The van der Waals surface area contributed by atoms with Crippen molar-refractivity contribution in [3.8, 4) is 0 Å². The molecule has 0 spiro atoms. The molecule has 0 radical (unpaired) electrons. The number of furan rings is 1. The van der Waals surface area contributed by atoms with Crippen LogP contribution in [0.25, 0.3) is 0 Å². The number of benzene rings is 1. The molecule has 108 valence electrons. The number of carbonyl (C=O) groups excluding carboxylic acids is 2. The summed E-state index contributed by atoms with van der Waals surface area (Å²) in [5.41, 5.74) is 1.30. The Hall–Kier alpha value is -2.76. The highest BCUT2D eigenvalue weighted by atomic mass is 16.3. The Morgan fingerprint density at radius 3 is 2.24 bits per heavy atom. The van der Waals surface area contributed by atoms with Gasteiger partial charge in [-0.15, -0.1) is 0 Å². The molecule has 0 saturated heterocycles. The molecule has 3 rings (SSSR count). The Morgan fingerprint density at radius 1 is 1.00 bits per heavy atom. The fraction of sp³-hybridized carbons (Fsp3) is 0.200. The van der Waals surface area contributed by atoms with E-state index in [1.807, 2.05) is 0 Å². The standard InChI is InChI=1S/C15H15N3O3/c19-14(13-2-1-9-21-13)16-10-3-5-11(6-4-10)17-15(20)18-12-7-8-12/h1-6,9,12H,7-8H2,(H,16,19)(H2,17,18,20). The first-order valence-corrected chi connectivity index (χ1v) is 6.73. The molecule has 1 heterocycles. The van der Waals surface area contributed by atoms with Crippen LogP contribution in [0, 0.1) is 0 Å². The van der Waals surface area contributed by atoms with Crippen LogP contribution in [0.5, 0.6) is 0 Å². The minimum absolute atomic E-state index is 0.204. The van der Waals surface area contributed by atoms with E-state index < -0.39 is 0 Å². The number of hydrogen-bond donors (Lipinski definition) is 3. The summed E-state index contributed by atoms with van der Waals surface area (Å²) in [5.74, 6) is -0.0619. The average molecular weight is 285 g/mol. The highest BCUT2D eigenvalue weighted by Crippen LogP contribution is 2.19. The SMILES string of the molecule is O=C(Nc1ccc(NC(=O)c2ccco2)cc1)NC1CC1. The predicted octanol–water partition coefficient (Wildman–Crippen LogP) is 2.82. The number of urea groups is 1. The maximum Gasteiger partial charge on any atom is 0.319 e. The summed E-state index contributed by atoms with van der Waals surface area (Å²) in [4.78, 5) is 23.4. The van der Waals surface area contributed by atoms with Crippen molar-refractivity contribution < 1.29 is 14.0 Å². The maximum absolute atomic E-state index is 11.8. The van der Waals surface area contributed by atoms with Crippen LogP contribution in [0.3, 0.4) is 0 Å². The van der Waals surface area contributed by atoms with Crippen LogP contribution in [0.4, 0.5) is 16.2 Å². The molecular formula is C15H15N3O3. The van der Waals surface area contributed by atoms with Gasteiger partial charge in [-0.05, 0) is 49.2 Å². The molecule has 2 aromatic rings. The van der Waals surface area contributed by atoms with Crippen LogP contribution in [0.1, 0.15) is 23.4 Å². The second-order valence-corrected chi connectivity index (χ2v) is 4.88. The molecule has 0 aliphatic heterocycles. The maximum atomic E-state index is 11.8. The molecular weight excluding hydrogens is 270 g/mol. The van der Waals surface area contributed by atoms with Gasteiger partial charge in [-0.1, -0.05) is 0 Å². The lowest BCUT2D eigenvalue weighted by Crippen LogP contribution is -2.30. The summed E-state index contributed by atoms with van der Waals surface area (Å²) in [6.45, 7) is 0. The molecule has 21 heavy (non-hydrogen) atoms. The number of rotatable bonds is 4. The van der Waals surface area contributed by atoms with Crippen molar-refractivity contribution in [2.24, 2.45) is 0 Å². The quantitative estimate of drug-likeness (QED) is 0.807. The van der Waals surface area contributed by atoms with Gasteiger partial charge in [0.05, 0.1) is 6.26 Å². The fourth-order valence-corrected chi connectivity index (χ4v) is 1.82. The van der Waals surface area contributed by atoms with Gasteiger partial charge in [-0.2, -0.15) is 0 Å². The molecule has 1 saturated carbocycles. The zero-order valence-corrected chi connectivity index (χ0v) is 11.3. The number of anilines is 2. The van der Waals surface area contributed by atoms with Crippen LogP contribution in [0.2, 0.25) is 0 Å². The Labute approximate surface area is 121 Å². The van der Waals surface area contributed by atoms with Crippen molar-refractivity contribution in [2.45, 2.75) is 18.9 Å². The molecule has 1 aliphatic rings. The first-order chi connectivity index (χ1) is 10.2. The molecule has 1 fully saturated rings. The van der Waals surface area contributed by atoms with E-state index in [9.17, 15) is 9.59 Å². The number of carbonyl (C=O) groups is 2.